The lowest BCUT2D eigenvalue weighted by Gasteiger charge is -2.22. The average Bonchev–Trinajstić information content (AvgIpc) is 3.33. The van der Waals surface area contributed by atoms with E-state index in [0.29, 0.717) is 17.9 Å². The van der Waals surface area contributed by atoms with E-state index in [9.17, 15) is 14.7 Å². The van der Waals surface area contributed by atoms with Crippen molar-refractivity contribution in [2.45, 2.75) is 20.8 Å². The van der Waals surface area contributed by atoms with Crippen LogP contribution in [0.3, 0.4) is 0 Å². The monoisotopic (exact) mass is 550 g/mol. The molecule has 0 bridgehead atoms. The maximum atomic E-state index is 13.5. The van der Waals surface area contributed by atoms with Crippen molar-refractivity contribution in [2.24, 2.45) is 10.2 Å². The van der Waals surface area contributed by atoms with E-state index in [1.165, 1.54) is 0 Å². The summed E-state index contributed by atoms with van der Waals surface area (Å²) in [6, 6.07) is 21.2. The summed E-state index contributed by atoms with van der Waals surface area (Å²) in [6.07, 6.45) is 0. The Bertz CT molecular complexity index is 1620. The second kappa shape index (κ2) is 13.2. The highest BCUT2D eigenvalue weighted by atomic mass is 16.5. The third-order valence-electron chi connectivity index (χ3n) is 6.41. The Kier molecular flexibility index (Phi) is 9.24. The lowest BCUT2D eigenvalue weighted by Crippen LogP contribution is -2.26. The molecule has 0 aliphatic heterocycles. The number of aryl methyl sites for hydroxylation is 2. The molecule has 1 aromatic heterocycles. The third kappa shape index (κ3) is 6.66. The molecule has 0 saturated carbocycles. The standard InChI is InChI=1S/C31H30N6O4/c1-5-37(17-18-38)23-15-16-25(21(3)19-23)35-36-28-26(29(39)33-24-14-10-9-11-20(24)2)27(32-4)30(34-28)41-31(40)22-12-7-6-8-13-22/h6-16,19,34,38H,5,17-18H2,1-3H3,(H,33,39). The summed E-state index contributed by atoms with van der Waals surface area (Å²) in [5.41, 5.74) is 3.68. The number of nitrogens with zero attached hydrogens (tertiary/aromatic N) is 4. The van der Waals surface area contributed by atoms with Gasteiger partial charge in [-0.15, -0.1) is 10.2 Å². The van der Waals surface area contributed by atoms with E-state index in [2.05, 4.69) is 25.4 Å². The smallest absolute Gasteiger partial charge is 0.343 e. The Hall–Kier alpha value is -5.27. The van der Waals surface area contributed by atoms with Crippen molar-refractivity contribution in [2.75, 3.05) is 29.9 Å². The van der Waals surface area contributed by atoms with Crippen LogP contribution in [0.25, 0.3) is 4.85 Å². The number of azo groups is 1. The van der Waals surface area contributed by atoms with Crippen molar-refractivity contribution in [3.63, 3.8) is 0 Å². The van der Waals surface area contributed by atoms with Gasteiger partial charge in [-0.3, -0.25) is 4.79 Å². The Balaban J connectivity index is 1.73. The van der Waals surface area contributed by atoms with E-state index in [0.717, 1.165) is 23.4 Å². The number of aliphatic hydroxyl groups is 1. The fourth-order valence-corrected chi connectivity index (χ4v) is 4.19. The van der Waals surface area contributed by atoms with Crippen LogP contribution in [0.1, 0.15) is 38.8 Å². The van der Waals surface area contributed by atoms with Gasteiger partial charge in [-0.05, 0) is 68.3 Å². The molecule has 41 heavy (non-hydrogen) atoms. The minimum absolute atomic E-state index is 0.0307. The first kappa shape index (κ1) is 28.7. The number of aromatic amines is 1. The molecule has 10 nitrogen and oxygen atoms in total. The number of nitrogens with one attached hydrogen (secondary N) is 2. The Morgan fingerprint density at radius 1 is 1.02 bits per heavy atom. The zero-order chi connectivity index (χ0) is 29.4. The van der Waals surface area contributed by atoms with Crippen LogP contribution in [0.2, 0.25) is 0 Å². The number of ether oxygens (including phenoxy) is 1. The summed E-state index contributed by atoms with van der Waals surface area (Å²) in [7, 11) is 0. The first-order valence-corrected chi connectivity index (χ1v) is 13.0. The van der Waals surface area contributed by atoms with E-state index in [4.69, 9.17) is 11.3 Å². The topological polar surface area (TPSA) is 124 Å². The molecule has 208 valence electrons. The van der Waals surface area contributed by atoms with Gasteiger partial charge in [0.25, 0.3) is 5.69 Å². The van der Waals surface area contributed by atoms with Crippen molar-refractivity contribution in [3.05, 3.63) is 106 Å². The van der Waals surface area contributed by atoms with E-state index in [-0.39, 0.29) is 35.1 Å². The fraction of sp³-hybridized carbons (Fsp3) is 0.194. The van der Waals surface area contributed by atoms with Gasteiger partial charge in [-0.25, -0.2) is 9.64 Å². The molecule has 0 atom stereocenters. The van der Waals surface area contributed by atoms with Gasteiger partial charge >= 0.3 is 5.97 Å². The summed E-state index contributed by atoms with van der Waals surface area (Å²) < 4.78 is 5.51. The van der Waals surface area contributed by atoms with Gasteiger partial charge in [0.05, 0.1) is 30.0 Å². The molecule has 10 heteroatoms. The van der Waals surface area contributed by atoms with Crippen LogP contribution in [-0.2, 0) is 0 Å². The quantitative estimate of drug-likeness (QED) is 0.113. The van der Waals surface area contributed by atoms with Gasteiger partial charge in [-0.2, -0.15) is 0 Å². The van der Waals surface area contributed by atoms with Crippen molar-refractivity contribution >= 4 is 40.4 Å². The molecule has 3 N–H and O–H groups in total. The van der Waals surface area contributed by atoms with Crippen LogP contribution in [0.4, 0.5) is 28.6 Å². The van der Waals surface area contributed by atoms with Crippen molar-refractivity contribution in [1.29, 1.82) is 0 Å². The summed E-state index contributed by atoms with van der Waals surface area (Å²) in [5, 5.41) is 20.8. The minimum Gasteiger partial charge on any atom is -0.416 e. The summed E-state index contributed by atoms with van der Waals surface area (Å²) in [5.74, 6) is -1.53. The highest BCUT2D eigenvalue weighted by molar-refractivity contribution is 6.13. The average molecular weight is 551 g/mol. The Morgan fingerprint density at radius 3 is 2.41 bits per heavy atom. The highest BCUT2D eigenvalue weighted by Crippen LogP contribution is 2.40. The van der Waals surface area contributed by atoms with E-state index < -0.39 is 11.9 Å². The van der Waals surface area contributed by atoms with Crippen LogP contribution >= 0.6 is 0 Å². The van der Waals surface area contributed by atoms with Crippen molar-refractivity contribution in [1.82, 2.24) is 4.98 Å². The van der Waals surface area contributed by atoms with Crippen molar-refractivity contribution < 1.29 is 19.4 Å². The molecule has 0 aliphatic carbocycles. The number of hydrogen-bond donors (Lipinski definition) is 3. The predicted octanol–water partition coefficient (Wildman–Crippen LogP) is 6.89. The molecule has 0 saturated heterocycles. The third-order valence-corrected chi connectivity index (χ3v) is 6.41. The maximum Gasteiger partial charge on any atom is 0.343 e. The predicted molar refractivity (Wildman–Crippen MR) is 158 cm³/mol. The van der Waals surface area contributed by atoms with Crippen LogP contribution in [0.15, 0.2) is 83.0 Å². The number of anilines is 2. The van der Waals surface area contributed by atoms with E-state index in [1.54, 1.807) is 48.5 Å². The van der Waals surface area contributed by atoms with Crippen LogP contribution in [0.5, 0.6) is 5.88 Å². The molecule has 0 fully saturated rings. The Morgan fingerprint density at radius 2 is 1.76 bits per heavy atom. The minimum atomic E-state index is -0.694. The summed E-state index contributed by atoms with van der Waals surface area (Å²) >= 11 is 0. The zero-order valence-corrected chi connectivity index (χ0v) is 23.0. The zero-order valence-electron chi connectivity index (χ0n) is 23.0. The SMILES string of the molecule is [C-]#[N+]c1c(OC(=O)c2ccccc2)[nH]c(N=Nc2ccc(N(CC)CCO)cc2C)c1C(=O)Nc1ccccc1C. The first-order valence-electron chi connectivity index (χ1n) is 13.0. The Labute approximate surface area is 238 Å². The van der Waals surface area contributed by atoms with Gasteiger partial charge in [0.1, 0.15) is 0 Å². The number of amides is 1. The number of aliphatic hydroxyl groups excluding tert-OH is 1. The molecule has 4 rings (SSSR count). The number of carbonyl (C=O) groups is 2. The molecule has 0 radical (unpaired) electrons. The van der Waals surface area contributed by atoms with Crippen LogP contribution in [-0.4, -0.2) is 41.7 Å². The highest BCUT2D eigenvalue weighted by Gasteiger charge is 2.27. The fourth-order valence-electron chi connectivity index (χ4n) is 4.19. The molecule has 1 heterocycles. The van der Waals surface area contributed by atoms with Crippen LogP contribution < -0.4 is 15.0 Å². The summed E-state index contributed by atoms with van der Waals surface area (Å²) in [6.45, 7) is 14.8. The number of aromatic nitrogens is 1. The molecular weight excluding hydrogens is 520 g/mol. The van der Waals surface area contributed by atoms with Gasteiger partial charge in [-0.1, -0.05) is 36.4 Å². The first-order chi connectivity index (χ1) is 19.9. The van der Waals surface area contributed by atoms with Gasteiger partial charge < -0.3 is 25.0 Å². The van der Waals surface area contributed by atoms with Gasteiger partial charge in [0.15, 0.2) is 5.82 Å². The lowest BCUT2D eigenvalue weighted by molar-refractivity contribution is 0.0729. The van der Waals surface area contributed by atoms with E-state index >= 15 is 0 Å². The molecule has 4 aromatic rings. The molecule has 3 aromatic carbocycles. The molecule has 0 aliphatic rings. The molecular formula is C31H30N6O4. The number of carbonyl (C=O) groups excluding carboxylic acids is 2. The lowest BCUT2D eigenvalue weighted by atomic mass is 10.1. The number of esters is 1. The number of rotatable bonds is 10. The number of benzene rings is 3. The second-order valence-electron chi connectivity index (χ2n) is 9.14. The molecule has 0 unspecified atom stereocenters. The maximum absolute atomic E-state index is 13.5. The second-order valence-corrected chi connectivity index (χ2v) is 9.14. The largest absolute Gasteiger partial charge is 0.416 e. The van der Waals surface area contributed by atoms with Gasteiger partial charge in [0.2, 0.25) is 11.8 Å². The van der Waals surface area contributed by atoms with Crippen LogP contribution in [0, 0.1) is 20.4 Å². The number of hydrogen-bond acceptors (Lipinski definition) is 7. The van der Waals surface area contributed by atoms with Gasteiger partial charge in [0, 0.05) is 24.5 Å². The number of likely N-dealkylation sites (N-methyl/N-ethyl adjacent to an activating group) is 1. The summed E-state index contributed by atoms with van der Waals surface area (Å²) in [4.78, 5) is 34.6. The molecule has 0 spiro atoms. The number of para-hydroxylation sites is 1. The van der Waals surface area contributed by atoms with Crippen molar-refractivity contribution in [3.8, 4) is 5.88 Å². The normalized spacial score (nSPS) is 10.8. The van der Waals surface area contributed by atoms with E-state index in [1.807, 2.05) is 49.9 Å². The number of H-pyrrole nitrogens is 1. The molecule has 1 amide bonds.